The molecule has 1 fully saturated rings. The average Bonchev–Trinajstić information content (AvgIpc) is 2.48. The number of anilines is 1. The van der Waals surface area contributed by atoms with Crippen molar-refractivity contribution in [2.24, 2.45) is 0 Å². The summed E-state index contributed by atoms with van der Waals surface area (Å²) in [5, 5.41) is 2.94. The van der Waals surface area contributed by atoms with Gasteiger partial charge in [0.05, 0.1) is 5.56 Å². The molecule has 2 rings (SSSR count). The highest BCUT2D eigenvalue weighted by Crippen LogP contribution is 2.09. The van der Waals surface area contributed by atoms with Crippen LogP contribution in [-0.4, -0.2) is 61.5 Å². The van der Waals surface area contributed by atoms with Gasteiger partial charge in [-0.1, -0.05) is 19.1 Å². The summed E-state index contributed by atoms with van der Waals surface area (Å²) in [5.74, 6) is -0.0877. The van der Waals surface area contributed by atoms with Crippen LogP contribution in [0.3, 0.4) is 0 Å². The molecule has 0 bridgehead atoms. The fourth-order valence-corrected chi connectivity index (χ4v) is 2.46. The van der Waals surface area contributed by atoms with Crippen LogP contribution in [0.15, 0.2) is 24.3 Å². The van der Waals surface area contributed by atoms with Crippen molar-refractivity contribution in [1.82, 2.24) is 15.1 Å². The molecule has 1 aromatic rings. The van der Waals surface area contributed by atoms with Crippen LogP contribution in [0.25, 0.3) is 0 Å². The van der Waals surface area contributed by atoms with Gasteiger partial charge in [0, 0.05) is 45.0 Å². The number of carbonyl (C=O) groups is 1. The van der Waals surface area contributed by atoms with Crippen molar-refractivity contribution in [2.75, 3.05) is 51.5 Å². The number of nitrogens with zero attached hydrogens (tertiary/aromatic N) is 2. The highest BCUT2D eigenvalue weighted by atomic mass is 35.5. The van der Waals surface area contributed by atoms with Gasteiger partial charge in [-0.05, 0) is 18.7 Å². The zero-order valence-electron chi connectivity index (χ0n) is 13.4. The van der Waals surface area contributed by atoms with Crippen LogP contribution in [0, 0.1) is 0 Å². The minimum Gasteiger partial charge on any atom is -0.398 e. The summed E-state index contributed by atoms with van der Waals surface area (Å²) in [6.45, 7) is 9.29. The first-order valence-electron chi connectivity index (χ1n) is 7.28. The van der Waals surface area contributed by atoms with E-state index in [2.05, 4.69) is 22.0 Å². The van der Waals surface area contributed by atoms with Crippen LogP contribution in [-0.2, 0) is 0 Å². The van der Waals surface area contributed by atoms with Gasteiger partial charge in [0.1, 0.15) is 0 Å². The summed E-state index contributed by atoms with van der Waals surface area (Å²) in [6, 6.07) is 7.16. The van der Waals surface area contributed by atoms with Crippen molar-refractivity contribution >= 4 is 48.8 Å². The lowest BCUT2D eigenvalue weighted by atomic mass is 10.1. The number of rotatable bonds is 5. The lowest BCUT2D eigenvalue weighted by Crippen LogP contribution is -2.48. The van der Waals surface area contributed by atoms with E-state index in [1.807, 2.05) is 12.1 Å². The summed E-state index contributed by atoms with van der Waals surface area (Å²) in [4.78, 5) is 16.8. The maximum absolute atomic E-state index is 12.0. The number of nitrogen functional groups attached to an aromatic ring is 1. The second kappa shape index (κ2) is 12.7. The fraction of sp³-hybridized carbons (Fsp3) is 0.533. The molecule has 0 aromatic heterocycles. The number of para-hydroxylation sites is 1. The summed E-state index contributed by atoms with van der Waals surface area (Å²) in [6.07, 6.45) is 0. The Balaban J connectivity index is 0. The van der Waals surface area contributed by atoms with Crippen LogP contribution < -0.4 is 11.1 Å². The quantitative estimate of drug-likeness (QED) is 0.760. The third-order valence-electron chi connectivity index (χ3n) is 3.83. The molecule has 23 heavy (non-hydrogen) atoms. The van der Waals surface area contributed by atoms with E-state index in [1.54, 1.807) is 12.1 Å². The van der Waals surface area contributed by atoms with E-state index < -0.39 is 0 Å². The Morgan fingerprint density at radius 1 is 1.09 bits per heavy atom. The number of benzene rings is 1. The minimum atomic E-state index is -0.0877. The molecule has 1 aromatic carbocycles. The number of hydrogen-bond acceptors (Lipinski definition) is 4. The van der Waals surface area contributed by atoms with Crippen LogP contribution in [0.1, 0.15) is 17.3 Å². The van der Waals surface area contributed by atoms with E-state index >= 15 is 0 Å². The molecule has 0 spiro atoms. The number of nitrogens with one attached hydrogen (secondary N) is 1. The third-order valence-corrected chi connectivity index (χ3v) is 3.83. The molecule has 1 aliphatic heterocycles. The molecule has 0 aliphatic carbocycles. The lowest BCUT2D eigenvalue weighted by molar-refractivity contribution is 0.0938. The van der Waals surface area contributed by atoms with Crippen molar-refractivity contribution in [3.63, 3.8) is 0 Å². The van der Waals surface area contributed by atoms with E-state index in [0.29, 0.717) is 17.8 Å². The molecule has 0 unspecified atom stereocenters. The lowest BCUT2D eigenvalue weighted by Gasteiger charge is -2.33. The number of halogens is 3. The molecule has 1 heterocycles. The van der Waals surface area contributed by atoms with E-state index in [-0.39, 0.29) is 43.1 Å². The first kappa shape index (κ1) is 24.5. The molecular weight excluding hydrogens is 359 g/mol. The Morgan fingerprint density at radius 2 is 1.65 bits per heavy atom. The Hall–Kier alpha value is -0.720. The van der Waals surface area contributed by atoms with Crippen LogP contribution in [0.5, 0.6) is 0 Å². The van der Waals surface area contributed by atoms with Gasteiger partial charge in [-0.2, -0.15) is 0 Å². The number of hydrogen-bond donors (Lipinski definition) is 2. The number of carbonyl (C=O) groups excluding carboxylic acids is 1. The first-order chi connectivity index (χ1) is 9.70. The third kappa shape index (κ3) is 7.59. The Labute approximate surface area is 157 Å². The van der Waals surface area contributed by atoms with Crippen LogP contribution >= 0.6 is 37.2 Å². The minimum absolute atomic E-state index is 0. The second-order valence-corrected chi connectivity index (χ2v) is 5.12. The van der Waals surface area contributed by atoms with E-state index in [4.69, 9.17) is 5.73 Å². The van der Waals surface area contributed by atoms with Crippen molar-refractivity contribution in [1.29, 1.82) is 0 Å². The molecule has 0 atom stereocenters. The first-order valence-corrected chi connectivity index (χ1v) is 7.28. The van der Waals surface area contributed by atoms with Gasteiger partial charge < -0.3 is 16.0 Å². The maximum Gasteiger partial charge on any atom is 0.253 e. The smallest absolute Gasteiger partial charge is 0.253 e. The van der Waals surface area contributed by atoms with Gasteiger partial charge in [-0.25, -0.2) is 0 Å². The van der Waals surface area contributed by atoms with Crippen LogP contribution in [0.2, 0.25) is 0 Å². The van der Waals surface area contributed by atoms with E-state index in [0.717, 1.165) is 39.3 Å². The highest BCUT2D eigenvalue weighted by molar-refractivity contribution is 5.99. The zero-order chi connectivity index (χ0) is 14.4. The van der Waals surface area contributed by atoms with E-state index in [1.165, 1.54) is 0 Å². The molecule has 1 aliphatic rings. The summed E-state index contributed by atoms with van der Waals surface area (Å²) < 4.78 is 0. The number of piperazine rings is 1. The maximum atomic E-state index is 12.0. The van der Waals surface area contributed by atoms with Gasteiger partial charge in [0.25, 0.3) is 5.91 Å². The summed E-state index contributed by atoms with van der Waals surface area (Å²) >= 11 is 0. The summed E-state index contributed by atoms with van der Waals surface area (Å²) in [5.41, 5.74) is 6.88. The SMILES string of the molecule is CCN1CCN(CCNC(=O)c2ccccc2N)CC1.Cl.Cl.Cl. The van der Waals surface area contributed by atoms with Gasteiger partial charge in [-0.3, -0.25) is 9.69 Å². The molecule has 5 nitrogen and oxygen atoms in total. The summed E-state index contributed by atoms with van der Waals surface area (Å²) in [7, 11) is 0. The fourth-order valence-electron chi connectivity index (χ4n) is 2.46. The van der Waals surface area contributed by atoms with Gasteiger partial charge in [-0.15, -0.1) is 37.2 Å². The molecule has 3 N–H and O–H groups in total. The molecule has 0 saturated carbocycles. The molecule has 1 saturated heterocycles. The Kier molecular flexibility index (Phi) is 13.5. The predicted octanol–water partition coefficient (Wildman–Crippen LogP) is 1.90. The van der Waals surface area contributed by atoms with Crippen LogP contribution in [0.4, 0.5) is 5.69 Å². The number of likely N-dealkylation sites (N-methyl/N-ethyl adjacent to an activating group) is 1. The normalized spacial score (nSPS) is 14.8. The molecule has 8 heteroatoms. The van der Waals surface area contributed by atoms with Crippen molar-refractivity contribution in [2.45, 2.75) is 6.92 Å². The number of nitrogens with two attached hydrogens (primary N) is 1. The number of amides is 1. The average molecular weight is 386 g/mol. The Morgan fingerprint density at radius 3 is 2.22 bits per heavy atom. The molecule has 1 amide bonds. The molecular formula is C15H27Cl3N4O. The molecule has 134 valence electrons. The van der Waals surface area contributed by atoms with Gasteiger partial charge >= 0.3 is 0 Å². The topological polar surface area (TPSA) is 61.6 Å². The van der Waals surface area contributed by atoms with Crippen molar-refractivity contribution in [3.8, 4) is 0 Å². The zero-order valence-corrected chi connectivity index (χ0v) is 15.8. The van der Waals surface area contributed by atoms with Gasteiger partial charge in [0.15, 0.2) is 0 Å². The standard InChI is InChI=1S/C15H24N4O.3ClH/c1-2-18-9-11-19(12-10-18)8-7-17-15(20)13-5-3-4-6-14(13)16;;;/h3-6H,2,7-12,16H2,1H3,(H,17,20);3*1H. The van der Waals surface area contributed by atoms with Gasteiger partial charge in [0.2, 0.25) is 0 Å². The second-order valence-electron chi connectivity index (χ2n) is 5.12. The van der Waals surface area contributed by atoms with Crippen molar-refractivity contribution in [3.05, 3.63) is 29.8 Å². The Bertz CT molecular complexity index is 454. The highest BCUT2D eigenvalue weighted by Gasteiger charge is 2.15. The largest absolute Gasteiger partial charge is 0.398 e. The monoisotopic (exact) mass is 384 g/mol. The van der Waals surface area contributed by atoms with E-state index in [9.17, 15) is 4.79 Å². The predicted molar refractivity (Wildman–Crippen MR) is 103 cm³/mol. The molecule has 0 radical (unpaired) electrons. The van der Waals surface area contributed by atoms with Crippen molar-refractivity contribution < 1.29 is 4.79 Å².